The molecule has 0 bridgehead atoms. The Labute approximate surface area is 138 Å². The minimum atomic E-state index is -0.143. The summed E-state index contributed by atoms with van der Waals surface area (Å²) >= 11 is 7.03. The second kappa shape index (κ2) is 6.32. The molecule has 0 unspecified atom stereocenters. The molecule has 3 nitrogen and oxygen atoms in total. The first kappa shape index (κ1) is 14.9. The average molecular weight is 451 g/mol. The van der Waals surface area contributed by atoms with Gasteiger partial charge in [-0.2, -0.15) is 0 Å². The van der Waals surface area contributed by atoms with E-state index in [1.165, 1.54) is 11.3 Å². The van der Waals surface area contributed by atoms with Crippen LogP contribution >= 0.6 is 49.9 Å². The van der Waals surface area contributed by atoms with Crippen molar-refractivity contribution < 1.29 is 4.79 Å². The number of nitrogens with one attached hydrogen (secondary N) is 1. The monoisotopic (exact) mass is 450 g/mol. The van der Waals surface area contributed by atoms with Crippen LogP contribution in [0.5, 0.6) is 0 Å². The Hall–Kier alpha value is -0.470. The summed E-state index contributed by atoms with van der Waals surface area (Å²) in [6, 6.07) is 5.66. The van der Waals surface area contributed by atoms with Crippen LogP contribution in [0, 0.1) is 3.57 Å². The van der Waals surface area contributed by atoms with Crippen LogP contribution in [-0.2, 0) is 0 Å². The Morgan fingerprint density at radius 2 is 2.21 bits per heavy atom. The lowest BCUT2D eigenvalue weighted by atomic mass is 10.2. The van der Waals surface area contributed by atoms with Gasteiger partial charge in [0.05, 0.1) is 11.3 Å². The van der Waals surface area contributed by atoms with E-state index in [0.717, 1.165) is 13.7 Å². The zero-order chi connectivity index (χ0) is 14.0. The first-order valence-electron chi connectivity index (χ1n) is 5.69. The van der Waals surface area contributed by atoms with Crippen molar-refractivity contribution in [2.75, 3.05) is 5.32 Å². The molecule has 0 spiro atoms. The molecule has 0 radical (unpaired) electrons. The topological polar surface area (TPSA) is 42.0 Å². The maximum atomic E-state index is 12.2. The molecule has 1 aromatic carbocycles. The highest BCUT2D eigenvalue weighted by atomic mass is 127. The van der Waals surface area contributed by atoms with Crippen LogP contribution in [0.15, 0.2) is 28.1 Å². The van der Waals surface area contributed by atoms with E-state index in [1.54, 1.807) is 0 Å². The zero-order valence-electron chi connectivity index (χ0n) is 10.4. The van der Waals surface area contributed by atoms with E-state index < -0.39 is 0 Å². The number of rotatable bonds is 3. The fraction of sp³-hybridized carbons (Fsp3) is 0.231. The molecule has 1 amide bonds. The van der Waals surface area contributed by atoms with Crippen LogP contribution < -0.4 is 5.32 Å². The van der Waals surface area contributed by atoms with Crippen molar-refractivity contribution in [3.8, 4) is 0 Å². The minimum Gasteiger partial charge on any atom is -0.298 e. The Balaban J connectivity index is 2.18. The Morgan fingerprint density at radius 1 is 1.47 bits per heavy atom. The smallest absolute Gasteiger partial charge is 0.258 e. The lowest BCUT2D eigenvalue weighted by molar-refractivity contribution is 0.102. The normalized spacial score (nSPS) is 10.8. The van der Waals surface area contributed by atoms with E-state index in [9.17, 15) is 4.79 Å². The molecule has 2 aromatic rings. The van der Waals surface area contributed by atoms with Crippen molar-refractivity contribution in [3.05, 3.63) is 42.9 Å². The maximum absolute atomic E-state index is 12.2. The van der Waals surface area contributed by atoms with E-state index in [4.69, 9.17) is 0 Å². The number of nitrogens with zero attached hydrogens (tertiary/aromatic N) is 1. The molecule has 0 aliphatic carbocycles. The molecule has 1 heterocycles. The molecule has 0 aliphatic rings. The highest BCUT2D eigenvalue weighted by Gasteiger charge is 2.13. The summed E-state index contributed by atoms with van der Waals surface area (Å²) in [6.45, 7) is 4.16. The molecule has 0 aliphatic heterocycles. The third kappa shape index (κ3) is 3.76. The summed E-state index contributed by atoms with van der Waals surface area (Å²) in [5.74, 6) is 0.223. The number of thiazole rings is 1. The number of carbonyl (C=O) groups excluding carboxylic acids is 1. The van der Waals surface area contributed by atoms with E-state index in [0.29, 0.717) is 16.6 Å². The van der Waals surface area contributed by atoms with Gasteiger partial charge in [0.25, 0.3) is 5.91 Å². The molecule has 100 valence electrons. The SMILES string of the molecule is CC(C)c1csc(NC(=O)c2cc(I)ccc2Br)n1. The van der Waals surface area contributed by atoms with Crippen LogP contribution in [0.25, 0.3) is 0 Å². The molecule has 19 heavy (non-hydrogen) atoms. The van der Waals surface area contributed by atoms with Gasteiger partial charge in [-0.05, 0) is 62.6 Å². The molecular formula is C13H12BrIN2OS. The van der Waals surface area contributed by atoms with Crippen LogP contribution in [0.1, 0.15) is 35.8 Å². The van der Waals surface area contributed by atoms with Gasteiger partial charge in [-0.3, -0.25) is 10.1 Å². The number of carbonyl (C=O) groups is 1. The first-order valence-corrected chi connectivity index (χ1v) is 8.44. The van der Waals surface area contributed by atoms with Gasteiger partial charge < -0.3 is 0 Å². The Morgan fingerprint density at radius 3 is 2.84 bits per heavy atom. The summed E-state index contributed by atoms with van der Waals surface area (Å²) < 4.78 is 1.80. The third-order valence-electron chi connectivity index (χ3n) is 2.51. The molecule has 0 atom stereocenters. The Kier molecular flexibility index (Phi) is 4.97. The van der Waals surface area contributed by atoms with E-state index in [2.05, 4.69) is 62.7 Å². The predicted molar refractivity (Wildman–Crippen MR) is 91.0 cm³/mol. The van der Waals surface area contributed by atoms with Crippen molar-refractivity contribution in [1.29, 1.82) is 0 Å². The quantitative estimate of drug-likeness (QED) is 0.676. The summed E-state index contributed by atoms with van der Waals surface area (Å²) in [4.78, 5) is 16.6. The van der Waals surface area contributed by atoms with E-state index in [1.807, 2.05) is 23.6 Å². The van der Waals surface area contributed by atoms with Crippen LogP contribution in [0.3, 0.4) is 0 Å². The van der Waals surface area contributed by atoms with Gasteiger partial charge >= 0.3 is 0 Å². The number of hydrogen-bond donors (Lipinski definition) is 1. The highest BCUT2D eigenvalue weighted by molar-refractivity contribution is 14.1. The summed E-state index contributed by atoms with van der Waals surface area (Å²) in [5, 5.41) is 5.45. The van der Waals surface area contributed by atoms with Crippen molar-refractivity contribution in [2.45, 2.75) is 19.8 Å². The number of benzene rings is 1. The second-order valence-electron chi connectivity index (χ2n) is 4.31. The molecule has 0 saturated carbocycles. The standard InChI is InChI=1S/C13H12BrIN2OS/c1-7(2)11-6-19-13(16-11)17-12(18)9-5-8(15)3-4-10(9)14/h3-7H,1-2H3,(H,16,17,18). The van der Waals surface area contributed by atoms with Crippen molar-refractivity contribution in [3.63, 3.8) is 0 Å². The highest BCUT2D eigenvalue weighted by Crippen LogP contribution is 2.24. The number of halogens is 2. The number of aromatic nitrogens is 1. The van der Waals surface area contributed by atoms with E-state index in [-0.39, 0.29) is 5.91 Å². The fourth-order valence-corrected chi connectivity index (χ4v) is 3.23. The van der Waals surface area contributed by atoms with Gasteiger partial charge in [0, 0.05) is 13.4 Å². The van der Waals surface area contributed by atoms with Crippen LogP contribution in [0.2, 0.25) is 0 Å². The summed E-state index contributed by atoms with van der Waals surface area (Å²) in [7, 11) is 0. The molecule has 2 rings (SSSR count). The van der Waals surface area contributed by atoms with Gasteiger partial charge in [-0.25, -0.2) is 4.98 Å². The van der Waals surface area contributed by atoms with Gasteiger partial charge in [-0.1, -0.05) is 13.8 Å². The molecule has 0 fully saturated rings. The maximum Gasteiger partial charge on any atom is 0.258 e. The predicted octanol–water partition coefficient (Wildman–Crippen LogP) is 4.89. The minimum absolute atomic E-state index is 0.143. The number of hydrogen-bond acceptors (Lipinski definition) is 3. The average Bonchev–Trinajstić information content (AvgIpc) is 2.80. The van der Waals surface area contributed by atoms with Crippen molar-refractivity contribution in [1.82, 2.24) is 4.98 Å². The van der Waals surface area contributed by atoms with Crippen LogP contribution in [0.4, 0.5) is 5.13 Å². The number of anilines is 1. The van der Waals surface area contributed by atoms with Gasteiger partial charge in [0.15, 0.2) is 5.13 Å². The number of amides is 1. The molecule has 1 N–H and O–H groups in total. The Bertz CT molecular complexity index is 612. The third-order valence-corrected chi connectivity index (χ3v) is 4.65. The zero-order valence-corrected chi connectivity index (χ0v) is 15.0. The second-order valence-corrected chi connectivity index (χ2v) is 7.27. The lowest BCUT2D eigenvalue weighted by Crippen LogP contribution is -2.12. The summed E-state index contributed by atoms with van der Waals surface area (Å²) in [5.41, 5.74) is 1.62. The molecular weight excluding hydrogens is 439 g/mol. The van der Waals surface area contributed by atoms with Gasteiger partial charge in [-0.15, -0.1) is 11.3 Å². The largest absolute Gasteiger partial charge is 0.298 e. The fourth-order valence-electron chi connectivity index (χ4n) is 1.44. The van der Waals surface area contributed by atoms with Gasteiger partial charge in [0.1, 0.15) is 0 Å². The van der Waals surface area contributed by atoms with Gasteiger partial charge in [0.2, 0.25) is 0 Å². The van der Waals surface area contributed by atoms with Crippen molar-refractivity contribution >= 4 is 60.9 Å². The van der Waals surface area contributed by atoms with Crippen molar-refractivity contribution in [2.24, 2.45) is 0 Å². The lowest BCUT2D eigenvalue weighted by Gasteiger charge is -2.05. The summed E-state index contributed by atoms with van der Waals surface area (Å²) in [6.07, 6.45) is 0. The molecule has 0 saturated heterocycles. The molecule has 1 aromatic heterocycles. The molecule has 6 heteroatoms. The van der Waals surface area contributed by atoms with E-state index >= 15 is 0 Å². The first-order chi connectivity index (χ1) is 8.97. The van der Waals surface area contributed by atoms with Crippen LogP contribution in [-0.4, -0.2) is 10.9 Å².